The van der Waals surface area contributed by atoms with Crippen molar-refractivity contribution in [2.45, 2.75) is 38.8 Å². The summed E-state index contributed by atoms with van der Waals surface area (Å²) in [5, 5.41) is 7.68. The molecule has 0 amide bonds. The highest BCUT2D eigenvalue weighted by atomic mass is 16.5. The normalized spacial score (nSPS) is 25.6. The Hall–Kier alpha value is -0.870. The van der Waals surface area contributed by atoms with Gasteiger partial charge in [-0.25, -0.2) is 0 Å². The van der Waals surface area contributed by atoms with Crippen molar-refractivity contribution in [1.29, 1.82) is 0 Å². The fraction of sp³-hybridized carbons (Fsp3) is 0.769. The van der Waals surface area contributed by atoms with Crippen molar-refractivity contribution in [3.63, 3.8) is 0 Å². The summed E-state index contributed by atoms with van der Waals surface area (Å²) in [4.78, 5) is 2.48. The maximum absolute atomic E-state index is 5.10. The van der Waals surface area contributed by atoms with Crippen LogP contribution < -0.4 is 5.32 Å². The predicted octanol–water partition coefficient (Wildman–Crippen LogP) is 1.56. The number of nitrogens with zero attached hydrogens (tertiary/aromatic N) is 2. The van der Waals surface area contributed by atoms with Crippen molar-refractivity contribution >= 4 is 0 Å². The lowest BCUT2D eigenvalue weighted by molar-refractivity contribution is 0.298. The van der Waals surface area contributed by atoms with Crippen molar-refractivity contribution < 1.29 is 4.52 Å². The smallest absolute Gasteiger partial charge is 0.133 e. The standard InChI is InChI=1S/C13H21N3O/c1-10-6-13(15-17-10)9-16-5-4-11(8-16)7-14-12-2-3-12/h6,11-12,14H,2-5,7-9H2,1H3. The van der Waals surface area contributed by atoms with Crippen LogP contribution in [0.15, 0.2) is 10.6 Å². The third-order valence-corrected chi connectivity index (χ3v) is 3.70. The van der Waals surface area contributed by atoms with Gasteiger partial charge in [0.15, 0.2) is 0 Å². The first-order valence-corrected chi connectivity index (χ1v) is 6.67. The van der Waals surface area contributed by atoms with Crippen LogP contribution in [0.1, 0.15) is 30.7 Å². The molecule has 1 atom stereocenters. The summed E-state index contributed by atoms with van der Waals surface area (Å²) in [5.74, 6) is 1.73. The molecule has 4 heteroatoms. The van der Waals surface area contributed by atoms with Crippen LogP contribution in [-0.2, 0) is 6.54 Å². The van der Waals surface area contributed by atoms with Crippen LogP contribution in [0.3, 0.4) is 0 Å². The van der Waals surface area contributed by atoms with E-state index in [2.05, 4.69) is 15.4 Å². The Kier molecular flexibility index (Phi) is 3.16. The van der Waals surface area contributed by atoms with Gasteiger partial charge in [-0.1, -0.05) is 5.16 Å². The third-order valence-electron chi connectivity index (χ3n) is 3.70. The van der Waals surface area contributed by atoms with Gasteiger partial charge in [-0.05, 0) is 45.2 Å². The molecule has 2 heterocycles. The number of hydrogen-bond donors (Lipinski definition) is 1. The highest BCUT2D eigenvalue weighted by Crippen LogP contribution is 2.22. The molecule has 17 heavy (non-hydrogen) atoms. The van der Waals surface area contributed by atoms with Gasteiger partial charge in [-0.2, -0.15) is 0 Å². The molecule has 1 unspecified atom stereocenters. The van der Waals surface area contributed by atoms with E-state index >= 15 is 0 Å². The molecule has 1 aromatic heterocycles. The molecule has 4 nitrogen and oxygen atoms in total. The molecule has 1 aromatic rings. The van der Waals surface area contributed by atoms with Crippen LogP contribution in [0.25, 0.3) is 0 Å². The minimum absolute atomic E-state index is 0.823. The number of rotatable bonds is 5. The van der Waals surface area contributed by atoms with Crippen LogP contribution >= 0.6 is 0 Å². The molecule has 2 aliphatic rings. The second-order valence-corrected chi connectivity index (χ2v) is 5.50. The Labute approximate surface area is 102 Å². The molecule has 1 saturated heterocycles. The van der Waals surface area contributed by atoms with E-state index in [0.29, 0.717) is 0 Å². The molecule has 94 valence electrons. The highest BCUT2D eigenvalue weighted by molar-refractivity contribution is 5.03. The monoisotopic (exact) mass is 235 g/mol. The first-order chi connectivity index (χ1) is 8.29. The average molecular weight is 235 g/mol. The van der Waals surface area contributed by atoms with Crippen LogP contribution in [0, 0.1) is 12.8 Å². The maximum Gasteiger partial charge on any atom is 0.133 e. The molecule has 1 N–H and O–H groups in total. The van der Waals surface area contributed by atoms with E-state index < -0.39 is 0 Å². The zero-order valence-corrected chi connectivity index (χ0v) is 10.5. The molecule has 0 spiro atoms. The minimum atomic E-state index is 0.823. The van der Waals surface area contributed by atoms with Crippen molar-refractivity contribution in [3.05, 3.63) is 17.5 Å². The maximum atomic E-state index is 5.10. The number of hydrogen-bond acceptors (Lipinski definition) is 4. The number of aryl methyl sites for hydroxylation is 1. The third kappa shape index (κ3) is 3.07. The lowest BCUT2D eigenvalue weighted by Gasteiger charge is -2.14. The summed E-state index contributed by atoms with van der Waals surface area (Å²) in [6, 6.07) is 2.87. The minimum Gasteiger partial charge on any atom is -0.361 e. The SMILES string of the molecule is Cc1cc(CN2CCC(CNC3CC3)C2)no1. The summed E-state index contributed by atoms with van der Waals surface area (Å²) >= 11 is 0. The van der Waals surface area contributed by atoms with E-state index in [1.807, 2.05) is 13.0 Å². The Balaban J connectivity index is 1.43. The summed E-state index contributed by atoms with van der Waals surface area (Å²) in [6.07, 6.45) is 4.08. The molecule has 0 bridgehead atoms. The van der Waals surface area contributed by atoms with Crippen LogP contribution in [-0.4, -0.2) is 35.7 Å². The Morgan fingerprint density at radius 2 is 2.35 bits per heavy atom. The first-order valence-electron chi connectivity index (χ1n) is 6.67. The molecular weight excluding hydrogens is 214 g/mol. The second-order valence-electron chi connectivity index (χ2n) is 5.50. The Bertz CT molecular complexity index is 372. The van der Waals surface area contributed by atoms with E-state index in [9.17, 15) is 0 Å². The van der Waals surface area contributed by atoms with E-state index in [4.69, 9.17) is 4.52 Å². The summed E-state index contributed by atoms with van der Waals surface area (Å²) in [7, 11) is 0. The number of likely N-dealkylation sites (tertiary alicyclic amines) is 1. The molecule has 2 fully saturated rings. The summed E-state index contributed by atoms with van der Waals surface area (Å²) in [6.45, 7) is 6.48. The zero-order chi connectivity index (χ0) is 11.7. The van der Waals surface area contributed by atoms with E-state index in [1.54, 1.807) is 0 Å². The quantitative estimate of drug-likeness (QED) is 0.841. The first kappa shape index (κ1) is 11.2. The van der Waals surface area contributed by atoms with E-state index in [1.165, 1.54) is 38.9 Å². The average Bonchev–Trinajstić information content (AvgIpc) is 2.90. The molecule has 0 radical (unpaired) electrons. The lowest BCUT2D eigenvalue weighted by Crippen LogP contribution is -2.27. The molecular formula is C13H21N3O. The fourth-order valence-corrected chi connectivity index (χ4v) is 2.57. The van der Waals surface area contributed by atoms with Crippen LogP contribution in [0.2, 0.25) is 0 Å². The van der Waals surface area contributed by atoms with E-state index in [-0.39, 0.29) is 0 Å². The van der Waals surface area contributed by atoms with Crippen LogP contribution in [0.4, 0.5) is 0 Å². The van der Waals surface area contributed by atoms with Crippen LogP contribution in [0.5, 0.6) is 0 Å². The van der Waals surface area contributed by atoms with Gasteiger partial charge in [0.1, 0.15) is 5.76 Å². The van der Waals surface area contributed by atoms with Crippen molar-refractivity contribution in [3.8, 4) is 0 Å². The summed E-state index contributed by atoms with van der Waals surface area (Å²) in [5.41, 5.74) is 1.07. The van der Waals surface area contributed by atoms with Gasteiger partial charge in [-0.3, -0.25) is 4.90 Å². The zero-order valence-electron chi connectivity index (χ0n) is 10.5. The lowest BCUT2D eigenvalue weighted by atomic mass is 10.1. The predicted molar refractivity (Wildman–Crippen MR) is 65.6 cm³/mol. The molecule has 0 aromatic carbocycles. The van der Waals surface area contributed by atoms with Crippen molar-refractivity contribution in [2.75, 3.05) is 19.6 Å². The van der Waals surface area contributed by atoms with Gasteiger partial charge >= 0.3 is 0 Å². The number of aromatic nitrogens is 1. The molecule has 3 rings (SSSR count). The summed E-state index contributed by atoms with van der Waals surface area (Å²) < 4.78 is 5.10. The Morgan fingerprint density at radius 3 is 3.06 bits per heavy atom. The van der Waals surface area contributed by atoms with Crippen molar-refractivity contribution in [2.24, 2.45) is 5.92 Å². The fourth-order valence-electron chi connectivity index (χ4n) is 2.57. The van der Waals surface area contributed by atoms with E-state index in [0.717, 1.165) is 30.0 Å². The van der Waals surface area contributed by atoms with Gasteiger partial charge in [0.2, 0.25) is 0 Å². The van der Waals surface area contributed by atoms with Gasteiger partial charge in [-0.15, -0.1) is 0 Å². The number of nitrogens with one attached hydrogen (secondary N) is 1. The van der Waals surface area contributed by atoms with Gasteiger partial charge in [0.05, 0.1) is 5.69 Å². The largest absolute Gasteiger partial charge is 0.361 e. The van der Waals surface area contributed by atoms with Gasteiger partial charge in [0.25, 0.3) is 0 Å². The highest BCUT2D eigenvalue weighted by Gasteiger charge is 2.26. The van der Waals surface area contributed by atoms with Gasteiger partial charge in [0, 0.05) is 25.2 Å². The molecule has 1 aliphatic carbocycles. The van der Waals surface area contributed by atoms with Crippen molar-refractivity contribution in [1.82, 2.24) is 15.4 Å². The Morgan fingerprint density at radius 1 is 1.47 bits per heavy atom. The molecule has 1 saturated carbocycles. The topological polar surface area (TPSA) is 41.3 Å². The molecule has 1 aliphatic heterocycles. The second kappa shape index (κ2) is 4.78. The van der Waals surface area contributed by atoms with Gasteiger partial charge < -0.3 is 9.84 Å².